The summed E-state index contributed by atoms with van der Waals surface area (Å²) >= 11 is 6.18. The summed E-state index contributed by atoms with van der Waals surface area (Å²) in [6.07, 6.45) is 2.40. The number of nitrogens with one attached hydrogen (secondary N) is 1. The number of ether oxygens (including phenoxy) is 1. The standard InChI is InChI=1S/C24H25ClFN3O3/c25-16-2-5-21-19(14-16)24(23(31)27-21)6-10-28(11-7-24)12-13-32-17-3-4-18(20(26)15-17)22(30)29-8-1-9-29/h2-5,14-15H,1,6-13H2,(H,27,31). The van der Waals surface area contributed by atoms with Crippen molar-refractivity contribution in [3.63, 3.8) is 0 Å². The Hall–Kier alpha value is -2.64. The molecule has 2 saturated heterocycles. The molecule has 0 unspecified atom stereocenters. The number of hydrogen-bond acceptors (Lipinski definition) is 4. The van der Waals surface area contributed by atoms with Gasteiger partial charge in [0.25, 0.3) is 5.91 Å². The molecule has 6 nitrogen and oxygen atoms in total. The average molecular weight is 458 g/mol. The van der Waals surface area contributed by atoms with Crippen LogP contribution in [-0.2, 0) is 10.2 Å². The molecular formula is C24H25ClFN3O3. The van der Waals surface area contributed by atoms with Gasteiger partial charge >= 0.3 is 0 Å². The predicted molar refractivity (Wildman–Crippen MR) is 120 cm³/mol. The number of anilines is 1. The molecule has 0 aromatic heterocycles. The maximum absolute atomic E-state index is 14.4. The lowest BCUT2D eigenvalue weighted by Crippen LogP contribution is -2.47. The molecule has 0 bridgehead atoms. The van der Waals surface area contributed by atoms with Crippen molar-refractivity contribution in [2.45, 2.75) is 24.7 Å². The number of fused-ring (bicyclic) bond motifs is 2. The van der Waals surface area contributed by atoms with E-state index in [9.17, 15) is 14.0 Å². The van der Waals surface area contributed by atoms with Crippen molar-refractivity contribution in [3.8, 4) is 5.75 Å². The van der Waals surface area contributed by atoms with E-state index in [0.29, 0.717) is 49.9 Å². The first-order valence-electron chi connectivity index (χ1n) is 11.0. The van der Waals surface area contributed by atoms with Crippen molar-refractivity contribution in [1.29, 1.82) is 0 Å². The maximum Gasteiger partial charge on any atom is 0.256 e. The van der Waals surface area contributed by atoms with Crippen molar-refractivity contribution >= 4 is 29.1 Å². The van der Waals surface area contributed by atoms with Crippen LogP contribution in [0.15, 0.2) is 36.4 Å². The van der Waals surface area contributed by atoms with Gasteiger partial charge in [0.1, 0.15) is 18.2 Å². The van der Waals surface area contributed by atoms with E-state index in [1.165, 1.54) is 12.1 Å². The van der Waals surface area contributed by atoms with Crippen molar-refractivity contribution in [2.75, 3.05) is 44.6 Å². The molecule has 8 heteroatoms. The van der Waals surface area contributed by atoms with Crippen molar-refractivity contribution in [1.82, 2.24) is 9.80 Å². The molecule has 2 amide bonds. The van der Waals surface area contributed by atoms with Crippen LogP contribution in [-0.4, -0.2) is 60.9 Å². The second-order valence-corrected chi connectivity index (χ2v) is 9.14. The van der Waals surface area contributed by atoms with Gasteiger partial charge in [-0.25, -0.2) is 4.39 Å². The minimum Gasteiger partial charge on any atom is -0.492 e. The highest BCUT2D eigenvalue weighted by atomic mass is 35.5. The van der Waals surface area contributed by atoms with Gasteiger partial charge in [-0.15, -0.1) is 0 Å². The first kappa shape index (κ1) is 21.2. The quantitative estimate of drug-likeness (QED) is 0.743. The molecule has 5 rings (SSSR count). The van der Waals surface area contributed by atoms with Crippen LogP contribution in [0, 0.1) is 5.82 Å². The van der Waals surface area contributed by atoms with Gasteiger partial charge < -0.3 is 15.0 Å². The number of amides is 2. The molecule has 2 fully saturated rings. The van der Waals surface area contributed by atoms with Crippen LogP contribution in [0.1, 0.15) is 35.2 Å². The minimum atomic E-state index is -0.552. The second kappa shape index (κ2) is 8.37. The molecule has 3 aliphatic heterocycles. The lowest BCUT2D eigenvalue weighted by atomic mass is 9.73. The minimum absolute atomic E-state index is 0.0500. The zero-order valence-electron chi connectivity index (χ0n) is 17.7. The van der Waals surface area contributed by atoms with Crippen LogP contribution < -0.4 is 10.1 Å². The monoisotopic (exact) mass is 457 g/mol. The Morgan fingerprint density at radius 1 is 1.12 bits per heavy atom. The molecule has 0 saturated carbocycles. The third-order valence-electron chi connectivity index (χ3n) is 6.88. The number of likely N-dealkylation sites (tertiary alicyclic amines) is 2. The van der Waals surface area contributed by atoms with E-state index in [-0.39, 0.29) is 17.4 Å². The Kier molecular flexibility index (Phi) is 5.55. The van der Waals surface area contributed by atoms with Gasteiger partial charge in [-0.1, -0.05) is 11.6 Å². The van der Waals surface area contributed by atoms with E-state index in [4.69, 9.17) is 16.3 Å². The predicted octanol–water partition coefficient (Wildman–Crippen LogP) is 3.69. The normalized spacial score (nSPS) is 19.4. The van der Waals surface area contributed by atoms with Crippen LogP contribution in [0.25, 0.3) is 0 Å². The lowest BCUT2D eigenvalue weighted by Gasteiger charge is -2.38. The molecule has 0 atom stereocenters. The lowest BCUT2D eigenvalue weighted by molar-refractivity contribution is -0.122. The number of benzene rings is 2. The van der Waals surface area contributed by atoms with Gasteiger partial charge in [-0.2, -0.15) is 0 Å². The van der Waals surface area contributed by atoms with Gasteiger partial charge in [0.15, 0.2) is 0 Å². The first-order chi connectivity index (χ1) is 15.5. The zero-order chi connectivity index (χ0) is 22.3. The summed E-state index contributed by atoms with van der Waals surface area (Å²) in [5, 5.41) is 3.63. The summed E-state index contributed by atoms with van der Waals surface area (Å²) in [5.74, 6) is -0.353. The van der Waals surface area contributed by atoms with Gasteiger partial charge in [-0.3, -0.25) is 14.5 Å². The Morgan fingerprint density at radius 3 is 2.59 bits per heavy atom. The smallest absolute Gasteiger partial charge is 0.256 e. The Balaban J connectivity index is 1.15. The fourth-order valence-electron chi connectivity index (χ4n) is 4.78. The number of rotatable bonds is 5. The van der Waals surface area contributed by atoms with Gasteiger partial charge in [-0.05, 0) is 68.2 Å². The van der Waals surface area contributed by atoms with E-state index in [1.54, 1.807) is 17.0 Å². The third-order valence-corrected chi connectivity index (χ3v) is 7.12. The number of nitrogens with zero attached hydrogens (tertiary/aromatic N) is 2. The van der Waals surface area contributed by atoms with E-state index in [2.05, 4.69) is 10.2 Å². The third kappa shape index (κ3) is 3.73. The molecule has 1 spiro atoms. The zero-order valence-corrected chi connectivity index (χ0v) is 18.5. The molecule has 0 aliphatic carbocycles. The van der Waals surface area contributed by atoms with Crippen LogP contribution in [0.5, 0.6) is 5.75 Å². The highest BCUT2D eigenvalue weighted by molar-refractivity contribution is 6.31. The number of carbonyl (C=O) groups is 2. The summed E-state index contributed by atoms with van der Waals surface area (Å²) in [7, 11) is 0. The maximum atomic E-state index is 14.4. The summed E-state index contributed by atoms with van der Waals surface area (Å²) in [6, 6.07) is 9.98. The number of carbonyl (C=O) groups excluding carboxylic acids is 2. The van der Waals surface area contributed by atoms with E-state index in [1.807, 2.05) is 12.1 Å². The van der Waals surface area contributed by atoms with E-state index >= 15 is 0 Å². The van der Waals surface area contributed by atoms with Gasteiger partial charge in [0, 0.05) is 36.4 Å². The molecule has 2 aromatic rings. The number of halogens is 2. The largest absolute Gasteiger partial charge is 0.492 e. The van der Waals surface area contributed by atoms with Crippen LogP contribution >= 0.6 is 11.6 Å². The average Bonchev–Trinajstić information content (AvgIpc) is 2.99. The van der Waals surface area contributed by atoms with Crippen LogP contribution in [0.4, 0.5) is 10.1 Å². The van der Waals surface area contributed by atoms with Gasteiger partial charge in [0.05, 0.1) is 11.0 Å². The molecular weight excluding hydrogens is 433 g/mol. The van der Waals surface area contributed by atoms with Crippen molar-refractivity contribution in [2.24, 2.45) is 0 Å². The fourth-order valence-corrected chi connectivity index (χ4v) is 4.95. The molecule has 3 aliphatic rings. The number of hydrogen-bond donors (Lipinski definition) is 1. The van der Waals surface area contributed by atoms with E-state index in [0.717, 1.165) is 30.8 Å². The van der Waals surface area contributed by atoms with Crippen molar-refractivity contribution in [3.05, 3.63) is 58.4 Å². The Bertz CT molecular complexity index is 1060. The summed E-state index contributed by atoms with van der Waals surface area (Å²) < 4.78 is 20.1. The molecule has 3 heterocycles. The molecule has 2 aromatic carbocycles. The Morgan fingerprint density at radius 2 is 1.91 bits per heavy atom. The number of piperidine rings is 1. The highest BCUT2D eigenvalue weighted by Crippen LogP contribution is 2.45. The summed E-state index contributed by atoms with van der Waals surface area (Å²) in [4.78, 5) is 28.8. The highest BCUT2D eigenvalue weighted by Gasteiger charge is 2.48. The summed E-state index contributed by atoms with van der Waals surface area (Å²) in [5.41, 5.74) is 1.43. The SMILES string of the molecule is O=C(c1ccc(OCCN2CCC3(CC2)C(=O)Nc2ccc(Cl)cc23)cc1F)N1CCC1. The Labute approximate surface area is 191 Å². The first-order valence-corrected chi connectivity index (χ1v) is 11.4. The summed E-state index contributed by atoms with van der Waals surface area (Å²) in [6.45, 7) is 3.99. The van der Waals surface area contributed by atoms with Crippen molar-refractivity contribution < 1.29 is 18.7 Å². The van der Waals surface area contributed by atoms with Crippen LogP contribution in [0.3, 0.4) is 0 Å². The topological polar surface area (TPSA) is 61.9 Å². The molecule has 32 heavy (non-hydrogen) atoms. The molecule has 1 N–H and O–H groups in total. The molecule has 0 radical (unpaired) electrons. The van der Waals surface area contributed by atoms with E-state index < -0.39 is 11.2 Å². The molecule has 168 valence electrons. The van der Waals surface area contributed by atoms with Crippen LogP contribution in [0.2, 0.25) is 5.02 Å². The second-order valence-electron chi connectivity index (χ2n) is 8.70. The fraction of sp³-hybridized carbons (Fsp3) is 0.417. The van der Waals surface area contributed by atoms with Gasteiger partial charge in [0.2, 0.25) is 5.91 Å².